The fourth-order valence-electron chi connectivity index (χ4n) is 3.17. The quantitative estimate of drug-likeness (QED) is 0.698. The summed E-state index contributed by atoms with van der Waals surface area (Å²) in [7, 11) is 0. The van der Waals surface area contributed by atoms with Crippen LogP contribution in [0.5, 0.6) is 0 Å². The van der Waals surface area contributed by atoms with Crippen LogP contribution in [0.4, 0.5) is 5.82 Å². The van der Waals surface area contributed by atoms with Gasteiger partial charge in [-0.3, -0.25) is 0 Å². The van der Waals surface area contributed by atoms with Gasteiger partial charge in [0.2, 0.25) is 0 Å². The lowest BCUT2D eigenvalue weighted by Crippen LogP contribution is -2.06. The van der Waals surface area contributed by atoms with Gasteiger partial charge in [-0.2, -0.15) is 5.10 Å². The lowest BCUT2D eigenvalue weighted by molar-refractivity contribution is 0.873. The Labute approximate surface area is 144 Å². The molecule has 3 nitrogen and oxygen atoms in total. The lowest BCUT2D eigenvalue weighted by atomic mass is 10.1. The van der Waals surface area contributed by atoms with E-state index < -0.39 is 0 Å². The Morgan fingerprint density at radius 3 is 2.78 bits per heavy atom. The molecule has 1 aliphatic rings. The van der Waals surface area contributed by atoms with Crippen molar-refractivity contribution in [3.63, 3.8) is 0 Å². The van der Waals surface area contributed by atoms with E-state index in [-0.39, 0.29) is 0 Å². The van der Waals surface area contributed by atoms with Gasteiger partial charge in [0.05, 0.1) is 11.4 Å². The molecule has 2 aromatic carbocycles. The molecule has 116 valence electrons. The molecule has 4 heteroatoms. The van der Waals surface area contributed by atoms with Gasteiger partial charge in [-0.25, -0.2) is 4.68 Å². The average Bonchev–Trinajstić information content (AvgIpc) is 3.13. The van der Waals surface area contributed by atoms with Crippen molar-refractivity contribution in [1.82, 2.24) is 9.78 Å². The first-order chi connectivity index (χ1) is 11.1. The molecule has 0 atom stereocenters. The fourth-order valence-corrected chi connectivity index (χ4v) is 3.64. The third kappa shape index (κ3) is 2.38. The normalized spacial score (nSPS) is 13.0. The topological polar surface area (TPSA) is 29.9 Å². The Morgan fingerprint density at radius 1 is 1.13 bits per heavy atom. The predicted molar refractivity (Wildman–Crippen MR) is 98.4 cm³/mol. The zero-order chi connectivity index (χ0) is 16.0. The molecule has 0 amide bonds. The maximum Gasteiger partial charge on any atom is 0.133 e. The number of rotatable bonds is 2. The lowest BCUT2D eigenvalue weighted by Gasteiger charge is -2.10. The minimum absolute atomic E-state index is 0.968. The van der Waals surface area contributed by atoms with Crippen LogP contribution in [-0.4, -0.2) is 16.3 Å². The summed E-state index contributed by atoms with van der Waals surface area (Å²) in [6, 6.07) is 14.8. The number of aryl methyl sites for hydroxylation is 2. The maximum atomic E-state index is 4.96. The van der Waals surface area contributed by atoms with Crippen LogP contribution in [0.15, 0.2) is 46.9 Å². The highest BCUT2D eigenvalue weighted by Gasteiger charge is 2.25. The monoisotopic (exact) mass is 367 g/mol. The molecule has 0 saturated heterocycles. The highest BCUT2D eigenvalue weighted by Crippen LogP contribution is 2.37. The largest absolute Gasteiger partial charge is 0.369 e. The summed E-state index contributed by atoms with van der Waals surface area (Å²) in [5, 5.41) is 8.47. The molecule has 1 N–H and O–H groups in total. The van der Waals surface area contributed by atoms with Gasteiger partial charge in [-0.15, -0.1) is 0 Å². The Hall–Kier alpha value is -2.07. The van der Waals surface area contributed by atoms with Crippen molar-refractivity contribution < 1.29 is 0 Å². The smallest absolute Gasteiger partial charge is 0.133 e. The van der Waals surface area contributed by atoms with Crippen molar-refractivity contribution in [2.45, 2.75) is 20.3 Å². The number of hydrogen-bond acceptors (Lipinski definition) is 2. The minimum atomic E-state index is 0.968. The van der Waals surface area contributed by atoms with Gasteiger partial charge >= 0.3 is 0 Å². The second-order valence-electron chi connectivity index (χ2n) is 6.03. The van der Waals surface area contributed by atoms with E-state index in [9.17, 15) is 0 Å². The molecular formula is C19H18BrN3. The average molecular weight is 368 g/mol. The molecule has 0 bridgehead atoms. The number of nitrogens with one attached hydrogen (secondary N) is 1. The Balaban J connectivity index is 1.96. The fraction of sp³-hybridized carbons (Fsp3) is 0.211. The molecule has 2 heterocycles. The van der Waals surface area contributed by atoms with Crippen molar-refractivity contribution in [3.05, 3.63) is 63.6 Å². The van der Waals surface area contributed by atoms with E-state index in [0.29, 0.717) is 0 Å². The minimum Gasteiger partial charge on any atom is -0.369 e. The van der Waals surface area contributed by atoms with Crippen LogP contribution >= 0.6 is 15.9 Å². The van der Waals surface area contributed by atoms with Gasteiger partial charge in [-0.1, -0.05) is 46.3 Å². The number of anilines is 1. The van der Waals surface area contributed by atoms with Crippen LogP contribution < -0.4 is 5.32 Å². The van der Waals surface area contributed by atoms with E-state index in [1.807, 2.05) is 6.07 Å². The number of halogens is 1. The molecule has 3 aromatic rings. The van der Waals surface area contributed by atoms with Gasteiger partial charge in [0, 0.05) is 22.1 Å². The summed E-state index contributed by atoms with van der Waals surface area (Å²) >= 11 is 3.66. The summed E-state index contributed by atoms with van der Waals surface area (Å²) in [4.78, 5) is 0. The molecule has 1 aromatic heterocycles. The van der Waals surface area contributed by atoms with E-state index in [0.717, 1.165) is 40.2 Å². The van der Waals surface area contributed by atoms with Crippen molar-refractivity contribution in [2.75, 3.05) is 11.9 Å². The van der Waals surface area contributed by atoms with Crippen molar-refractivity contribution in [2.24, 2.45) is 0 Å². The first-order valence-corrected chi connectivity index (χ1v) is 8.63. The number of hydrogen-bond donors (Lipinski definition) is 1. The second kappa shape index (κ2) is 5.53. The van der Waals surface area contributed by atoms with Crippen LogP contribution in [-0.2, 0) is 6.42 Å². The first kappa shape index (κ1) is 14.5. The molecule has 0 spiro atoms. The number of nitrogens with zero attached hydrogens (tertiary/aromatic N) is 2. The summed E-state index contributed by atoms with van der Waals surface area (Å²) in [5.74, 6) is 1.13. The SMILES string of the molecule is Cc1ccc(C)c(-n2nc(-c3ccccc3Br)c3c2NCC3)c1. The Bertz CT molecular complexity index is 896. The van der Waals surface area contributed by atoms with Crippen LogP contribution in [0.3, 0.4) is 0 Å². The third-order valence-corrected chi connectivity index (χ3v) is 5.06. The highest BCUT2D eigenvalue weighted by molar-refractivity contribution is 9.10. The number of aromatic nitrogens is 2. The summed E-state index contributed by atoms with van der Waals surface area (Å²) in [6.07, 6.45) is 1.01. The molecule has 1 aliphatic heterocycles. The van der Waals surface area contributed by atoms with Crippen LogP contribution in [0, 0.1) is 13.8 Å². The zero-order valence-electron chi connectivity index (χ0n) is 13.2. The highest BCUT2D eigenvalue weighted by atomic mass is 79.9. The number of benzene rings is 2. The van der Waals surface area contributed by atoms with E-state index in [2.05, 4.69) is 76.2 Å². The van der Waals surface area contributed by atoms with Gasteiger partial charge < -0.3 is 5.32 Å². The van der Waals surface area contributed by atoms with E-state index in [4.69, 9.17) is 5.10 Å². The first-order valence-electron chi connectivity index (χ1n) is 7.83. The van der Waals surface area contributed by atoms with Crippen LogP contribution in [0.25, 0.3) is 16.9 Å². The summed E-state index contributed by atoms with van der Waals surface area (Å²) in [6.45, 7) is 5.22. The van der Waals surface area contributed by atoms with E-state index >= 15 is 0 Å². The van der Waals surface area contributed by atoms with E-state index in [1.54, 1.807) is 0 Å². The van der Waals surface area contributed by atoms with Gasteiger partial charge in [0.1, 0.15) is 5.82 Å². The zero-order valence-corrected chi connectivity index (χ0v) is 14.8. The summed E-state index contributed by atoms with van der Waals surface area (Å²) in [5.41, 5.74) is 7.14. The molecule has 4 rings (SSSR count). The maximum absolute atomic E-state index is 4.96. The molecule has 0 radical (unpaired) electrons. The Kier molecular flexibility index (Phi) is 3.49. The molecular weight excluding hydrogens is 350 g/mol. The Morgan fingerprint density at radius 2 is 1.96 bits per heavy atom. The van der Waals surface area contributed by atoms with Crippen LogP contribution in [0.2, 0.25) is 0 Å². The van der Waals surface area contributed by atoms with Gasteiger partial charge in [0.15, 0.2) is 0 Å². The second-order valence-corrected chi connectivity index (χ2v) is 6.89. The standard InChI is InChI=1S/C19H18BrN3/c1-12-7-8-13(2)17(11-12)23-19-15(9-10-21-19)18(22-23)14-5-3-4-6-16(14)20/h3-8,11,21H,9-10H2,1-2H3. The summed E-state index contributed by atoms with van der Waals surface area (Å²) < 4.78 is 3.15. The third-order valence-electron chi connectivity index (χ3n) is 4.37. The molecule has 23 heavy (non-hydrogen) atoms. The van der Waals surface area contributed by atoms with Crippen molar-refractivity contribution >= 4 is 21.7 Å². The van der Waals surface area contributed by atoms with Crippen molar-refractivity contribution in [3.8, 4) is 16.9 Å². The van der Waals surface area contributed by atoms with Gasteiger partial charge in [0.25, 0.3) is 0 Å². The molecule has 0 saturated carbocycles. The van der Waals surface area contributed by atoms with Crippen molar-refractivity contribution in [1.29, 1.82) is 0 Å². The molecule has 0 fully saturated rings. The molecule has 0 unspecified atom stereocenters. The molecule has 0 aliphatic carbocycles. The van der Waals surface area contributed by atoms with Crippen LogP contribution in [0.1, 0.15) is 16.7 Å². The van der Waals surface area contributed by atoms with Gasteiger partial charge in [-0.05, 0) is 43.5 Å². The van der Waals surface area contributed by atoms with E-state index in [1.165, 1.54) is 16.7 Å². The predicted octanol–water partition coefficient (Wildman–Crippen LogP) is 4.89. The number of fused-ring (bicyclic) bond motifs is 1.